The first-order valence-corrected chi connectivity index (χ1v) is 5.83. The Labute approximate surface area is 101 Å². The molecular weight excluding hydrogens is 222 g/mol. The number of carbonyl (C=O) groups excluding carboxylic acids is 1. The number of hydrogen-bond donors (Lipinski definition) is 3. The third-order valence-corrected chi connectivity index (χ3v) is 2.84. The number of carbonyl (C=O) groups is 1. The number of thiol groups is 1. The summed E-state index contributed by atoms with van der Waals surface area (Å²) in [5.41, 5.74) is 0.572. The molecule has 3 nitrogen and oxygen atoms in total. The molecule has 1 atom stereocenters. The topological polar surface area (TPSA) is 49.3 Å². The summed E-state index contributed by atoms with van der Waals surface area (Å²) in [7, 11) is 0. The normalized spacial score (nSPS) is 12.2. The Morgan fingerprint density at radius 1 is 1.50 bits per heavy atom. The van der Waals surface area contributed by atoms with Crippen molar-refractivity contribution in [2.75, 3.05) is 6.61 Å². The SMILES string of the molecule is CCC(CCO)NC(=O)c1ccccc1S. The third kappa shape index (κ3) is 3.54. The first kappa shape index (κ1) is 13.1. The summed E-state index contributed by atoms with van der Waals surface area (Å²) in [5.74, 6) is -0.133. The van der Waals surface area contributed by atoms with Gasteiger partial charge in [-0.15, -0.1) is 12.6 Å². The maximum atomic E-state index is 11.9. The number of aliphatic hydroxyl groups is 1. The Bertz CT molecular complexity index is 355. The molecule has 0 fully saturated rings. The second-order valence-corrected chi connectivity index (χ2v) is 4.09. The van der Waals surface area contributed by atoms with E-state index in [1.807, 2.05) is 19.1 Å². The van der Waals surface area contributed by atoms with Gasteiger partial charge in [0.25, 0.3) is 5.91 Å². The Hall–Kier alpha value is -1.00. The van der Waals surface area contributed by atoms with Crippen LogP contribution in [0.5, 0.6) is 0 Å². The first-order chi connectivity index (χ1) is 7.69. The zero-order chi connectivity index (χ0) is 12.0. The van der Waals surface area contributed by atoms with E-state index in [-0.39, 0.29) is 18.6 Å². The molecule has 0 aliphatic rings. The summed E-state index contributed by atoms with van der Waals surface area (Å²) in [6.07, 6.45) is 1.39. The first-order valence-electron chi connectivity index (χ1n) is 5.38. The predicted octanol–water partition coefficient (Wildman–Crippen LogP) is 1.87. The van der Waals surface area contributed by atoms with Gasteiger partial charge in [0.1, 0.15) is 0 Å². The van der Waals surface area contributed by atoms with Gasteiger partial charge in [0.15, 0.2) is 0 Å². The number of aliphatic hydroxyl groups excluding tert-OH is 1. The Kier molecular flexibility index (Phi) is 5.35. The van der Waals surface area contributed by atoms with Crippen LogP contribution in [-0.2, 0) is 0 Å². The van der Waals surface area contributed by atoms with E-state index in [1.165, 1.54) is 0 Å². The minimum atomic E-state index is -0.133. The minimum Gasteiger partial charge on any atom is -0.396 e. The van der Waals surface area contributed by atoms with Gasteiger partial charge in [0.05, 0.1) is 5.56 Å². The quantitative estimate of drug-likeness (QED) is 0.687. The highest BCUT2D eigenvalue weighted by molar-refractivity contribution is 7.80. The second-order valence-electron chi connectivity index (χ2n) is 3.61. The molecule has 1 aromatic carbocycles. The van der Waals surface area contributed by atoms with E-state index in [9.17, 15) is 4.79 Å². The van der Waals surface area contributed by atoms with E-state index in [2.05, 4.69) is 17.9 Å². The van der Waals surface area contributed by atoms with Crippen molar-refractivity contribution in [1.82, 2.24) is 5.32 Å². The summed E-state index contributed by atoms with van der Waals surface area (Å²) in [6, 6.07) is 7.19. The van der Waals surface area contributed by atoms with Gasteiger partial charge in [-0.25, -0.2) is 0 Å². The fourth-order valence-corrected chi connectivity index (χ4v) is 1.73. The van der Waals surface area contributed by atoms with Gasteiger partial charge in [-0.1, -0.05) is 19.1 Å². The largest absolute Gasteiger partial charge is 0.396 e. The standard InChI is InChI=1S/C12H17NO2S/c1-2-9(7-8-14)13-12(15)10-5-3-4-6-11(10)16/h3-6,9,14,16H,2,7-8H2,1H3,(H,13,15). The number of nitrogens with one attached hydrogen (secondary N) is 1. The summed E-state index contributed by atoms with van der Waals surface area (Å²) >= 11 is 4.23. The van der Waals surface area contributed by atoms with Gasteiger partial charge in [-0.2, -0.15) is 0 Å². The second kappa shape index (κ2) is 6.55. The van der Waals surface area contributed by atoms with Crippen molar-refractivity contribution in [3.05, 3.63) is 29.8 Å². The summed E-state index contributed by atoms with van der Waals surface area (Å²) in [5, 5.41) is 11.7. The van der Waals surface area contributed by atoms with Gasteiger partial charge in [-0.05, 0) is 25.0 Å². The summed E-state index contributed by atoms with van der Waals surface area (Å²) < 4.78 is 0. The molecule has 88 valence electrons. The highest BCUT2D eigenvalue weighted by atomic mass is 32.1. The number of rotatable bonds is 5. The van der Waals surface area contributed by atoms with Crippen molar-refractivity contribution in [2.45, 2.75) is 30.7 Å². The molecule has 1 rings (SSSR count). The molecule has 1 unspecified atom stereocenters. The molecule has 0 heterocycles. The van der Waals surface area contributed by atoms with Gasteiger partial charge in [0, 0.05) is 17.5 Å². The van der Waals surface area contributed by atoms with Crippen LogP contribution < -0.4 is 5.32 Å². The molecule has 0 spiro atoms. The zero-order valence-electron chi connectivity index (χ0n) is 9.31. The van der Waals surface area contributed by atoms with Crippen molar-refractivity contribution in [2.24, 2.45) is 0 Å². The smallest absolute Gasteiger partial charge is 0.252 e. The molecule has 1 aromatic rings. The van der Waals surface area contributed by atoms with Crippen LogP contribution in [-0.4, -0.2) is 23.7 Å². The molecule has 0 aliphatic heterocycles. The van der Waals surface area contributed by atoms with Gasteiger partial charge in [-0.3, -0.25) is 4.79 Å². The lowest BCUT2D eigenvalue weighted by atomic mass is 10.1. The van der Waals surface area contributed by atoms with Crippen molar-refractivity contribution >= 4 is 18.5 Å². The van der Waals surface area contributed by atoms with Crippen LogP contribution >= 0.6 is 12.6 Å². The Balaban J connectivity index is 2.68. The van der Waals surface area contributed by atoms with Crippen molar-refractivity contribution in [3.63, 3.8) is 0 Å². The summed E-state index contributed by atoms with van der Waals surface area (Å²) in [4.78, 5) is 12.5. The molecule has 0 bridgehead atoms. The molecule has 0 saturated heterocycles. The van der Waals surface area contributed by atoms with E-state index < -0.39 is 0 Å². The molecule has 2 N–H and O–H groups in total. The lowest BCUT2D eigenvalue weighted by Gasteiger charge is -2.16. The number of amides is 1. The van der Waals surface area contributed by atoms with Crippen LogP contribution in [0.2, 0.25) is 0 Å². The average Bonchev–Trinajstić information content (AvgIpc) is 2.28. The van der Waals surface area contributed by atoms with Crippen molar-refractivity contribution < 1.29 is 9.90 Å². The maximum Gasteiger partial charge on any atom is 0.252 e. The average molecular weight is 239 g/mol. The van der Waals surface area contributed by atoms with Crippen LogP contribution in [0.1, 0.15) is 30.1 Å². The molecule has 0 saturated carbocycles. The molecular formula is C12H17NO2S. The van der Waals surface area contributed by atoms with Crippen LogP contribution in [0.3, 0.4) is 0 Å². The van der Waals surface area contributed by atoms with E-state index in [1.54, 1.807) is 12.1 Å². The molecule has 16 heavy (non-hydrogen) atoms. The highest BCUT2D eigenvalue weighted by Crippen LogP contribution is 2.13. The van der Waals surface area contributed by atoms with Crippen LogP contribution in [0, 0.1) is 0 Å². The van der Waals surface area contributed by atoms with Gasteiger partial charge in [0.2, 0.25) is 0 Å². The van der Waals surface area contributed by atoms with Gasteiger partial charge >= 0.3 is 0 Å². The lowest BCUT2D eigenvalue weighted by molar-refractivity contribution is 0.0926. The lowest BCUT2D eigenvalue weighted by Crippen LogP contribution is -2.35. The number of benzene rings is 1. The van der Waals surface area contributed by atoms with E-state index in [0.29, 0.717) is 16.9 Å². The fourth-order valence-electron chi connectivity index (χ4n) is 1.46. The van der Waals surface area contributed by atoms with Crippen LogP contribution in [0.4, 0.5) is 0 Å². The molecule has 0 aromatic heterocycles. The Morgan fingerprint density at radius 2 is 2.19 bits per heavy atom. The molecule has 4 heteroatoms. The third-order valence-electron chi connectivity index (χ3n) is 2.45. The molecule has 1 amide bonds. The van der Waals surface area contributed by atoms with E-state index in [0.717, 1.165) is 6.42 Å². The maximum absolute atomic E-state index is 11.9. The molecule has 0 radical (unpaired) electrons. The number of hydrogen-bond acceptors (Lipinski definition) is 3. The Morgan fingerprint density at radius 3 is 2.75 bits per heavy atom. The van der Waals surface area contributed by atoms with Gasteiger partial charge < -0.3 is 10.4 Å². The van der Waals surface area contributed by atoms with Crippen molar-refractivity contribution in [1.29, 1.82) is 0 Å². The highest BCUT2D eigenvalue weighted by Gasteiger charge is 2.13. The zero-order valence-corrected chi connectivity index (χ0v) is 10.2. The summed E-state index contributed by atoms with van der Waals surface area (Å²) in [6.45, 7) is 2.06. The van der Waals surface area contributed by atoms with E-state index >= 15 is 0 Å². The van der Waals surface area contributed by atoms with Crippen LogP contribution in [0.15, 0.2) is 29.2 Å². The van der Waals surface area contributed by atoms with E-state index in [4.69, 9.17) is 5.11 Å². The minimum absolute atomic E-state index is 0.0189. The fraction of sp³-hybridized carbons (Fsp3) is 0.417. The van der Waals surface area contributed by atoms with Crippen LogP contribution in [0.25, 0.3) is 0 Å². The van der Waals surface area contributed by atoms with Crippen molar-refractivity contribution in [3.8, 4) is 0 Å². The molecule has 0 aliphatic carbocycles. The predicted molar refractivity (Wildman–Crippen MR) is 66.9 cm³/mol. The monoisotopic (exact) mass is 239 g/mol.